The van der Waals surface area contributed by atoms with Crippen molar-refractivity contribution in [2.24, 2.45) is 0 Å². The number of amides is 1. The largest absolute Gasteiger partial charge is 0.457 e. The molecule has 4 aromatic rings. The van der Waals surface area contributed by atoms with Crippen molar-refractivity contribution in [2.75, 3.05) is 32.9 Å². The highest BCUT2D eigenvalue weighted by molar-refractivity contribution is 6.00. The molecular formula is C32H35N7O2. The summed E-state index contributed by atoms with van der Waals surface area (Å²) in [5.74, 6) is 1.62. The number of piperidine rings is 1. The zero-order chi connectivity index (χ0) is 29.1. The number of fused-ring (bicyclic) bond motifs is 1. The molecule has 0 saturated carbocycles. The molecule has 3 N–H and O–H groups in total. The van der Waals surface area contributed by atoms with Gasteiger partial charge in [0.25, 0.3) is 5.91 Å². The molecule has 0 bridgehead atoms. The average molecular weight is 550 g/mol. The minimum absolute atomic E-state index is 0.00265. The van der Waals surface area contributed by atoms with Crippen molar-refractivity contribution in [3.63, 3.8) is 0 Å². The lowest BCUT2D eigenvalue weighted by Gasteiger charge is -2.34. The third-order valence-electron chi connectivity index (χ3n) is 7.83. The van der Waals surface area contributed by atoms with Gasteiger partial charge in [-0.15, -0.1) is 0 Å². The second-order valence-corrected chi connectivity index (χ2v) is 11.2. The highest BCUT2D eigenvalue weighted by Gasteiger charge is 2.30. The Kier molecular flexibility index (Phi) is 7.77. The first-order valence-corrected chi connectivity index (χ1v) is 13.7. The van der Waals surface area contributed by atoms with E-state index in [1.54, 1.807) is 11.0 Å². The quantitative estimate of drug-likeness (QED) is 0.231. The van der Waals surface area contributed by atoms with Crippen molar-refractivity contribution in [1.29, 1.82) is 5.26 Å². The van der Waals surface area contributed by atoms with Crippen molar-refractivity contribution in [3.05, 3.63) is 78.0 Å². The first-order chi connectivity index (χ1) is 19.7. The number of hydrogen-bond donors (Lipinski definition) is 2. The van der Waals surface area contributed by atoms with E-state index < -0.39 is 5.54 Å². The SMILES string of the molecule is CN(C)C(C)(C)C=C(C#N)C(=O)N1CCC[C@@H](c2cc3[nH]nc(N)c3c(-c3ccc(Oc4ccccc4)cc3)n2)C1. The second kappa shape index (κ2) is 11.4. The van der Waals surface area contributed by atoms with Gasteiger partial charge in [-0.2, -0.15) is 10.4 Å². The van der Waals surface area contributed by atoms with Gasteiger partial charge in [-0.1, -0.05) is 18.2 Å². The van der Waals surface area contributed by atoms with Gasteiger partial charge in [-0.25, -0.2) is 0 Å². The molecule has 0 radical (unpaired) electrons. The monoisotopic (exact) mass is 549 g/mol. The number of nitrogens with zero attached hydrogens (tertiary/aromatic N) is 5. The van der Waals surface area contributed by atoms with Crippen LogP contribution in [0, 0.1) is 11.3 Å². The Morgan fingerprint density at radius 3 is 2.56 bits per heavy atom. The topological polar surface area (TPSA) is 124 Å². The smallest absolute Gasteiger partial charge is 0.264 e. The van der Waals surface area contributed by atoms with Crippen LogP contribution < -0.4 is 10.5 Å². The standard InChI is InChI=1S/C32H35N7O2/c1-32(2,38(3)4)18-23(19-33)31(40)39-16-8-9-22(20-39)26-17-27-28(30(34)37-36-27)29(35-26)21-12-14-25(15-13-21)41-24-10-6-5-7-11-24/h5-7,10-15,17-18,22H,8-9,16,20H2,1-4H3,(H3,34,36,37)/t22-/m1/s1. The van der Waals surface area contributed by atoms with E-state index in [-0.39, 0.29) is 17.4 Å². The highest BCUT2D eigenvalue weighted by Crippen LogP contribution is 2.36. The molecule has 5 rings (SSSR count). The fourth-order valence-electron chi connectivity index (χ4n) is 5.01. The van der Waals surface area contributed by atoms with Crippen molar-refractivity contribution in [2.45, 2.75) is 38.1 Å². The summed E-state index contributed by atoms with van der Waals surface area (Å²) in [6.07, 6.45) is 3.45. The maximum Gasteiger partial charge on any atom is 0.264 e. The van der Waals surface area contributed by atoms with Crippen LogP contribution >= 0.6 is 0 Å². The molecule has 0 aliphatic carbocycles. The summed E-state index contributed by atoms with van der Waals surface area (Å²) >= 11 is 0. The highest BCUT2D eigenvalue weighted by atomic mass is 16.5. The molecule has 1 aliphatic rings. The number of pyridine rings is 1. The summed E-state index contributed by atoms with van der Waals surface area (Å²) in [5, 5.41) is 17.9. The van der Waals surface area contributed by atoms with Crippen LogP contribution in [0.15, 0.2) is 72.3 Å². The number of hydrogen-bond acceptors (Lipinski definition) is 7. The molecule has 1 atom stereocenters. The van der Waals surface area contributed by atoms with E-state index in [1.165, 1.54) is 0 Å². The van der Waals surface area contributed by atoms with Gasteiger partial charge >= 0.3 is 0 Å². The van der Waals surface area contributed by atoms with Crippen LogP contribution in [0.2, 0.25) is 0 Å². The lowest BCUT2D eigenvalue weighted by molar-refractivity contribution is -0.128. The van der Waals surface area contributed by atoms with Crippen LogP contribution in [-0.2, 0) is 4.79 Å². The molecule has 9 nitrogen and oxygen atoms in total. The number of rotatable bonds is 7. The third-order valence-corrected chi connectivity index (χ3v) is 7.83. The number of likely N-dealkylation sites (tertiary alicyclic amines) is 1. The molecule has 2 aromatic heterocycles. The number of nitrogens with one attached hydrogen (secondary N) is 1. The summed E-state index contributed by atoms with van der Waals surface area (Å²) < 4.78 is 5.96. The lowest BCUT2D eigenvalue weighted by Crippen LogP contribution is -2.41. The number of nitriles is 1. The molecule has 1 amide bonds. The van der Waals surface area contributed by atoms with E-state index in [2.05, 4.69) is 16.3 Å². The van der Waals surface area contributed by atoms with Crippen molar-refractivity contribution >= 4 is 22.6 Å². The summed E-state index contributed by atoms with van der Waals surface area (Å²) in [5.41, 5.74) is 9.24. The zero-order valence-electron chi connectivity index (χ0n) is 23.9. The van der Waals surface area contributed by atoms with E-state index in [1.807, 2.05) is 93.5 Å². The Morgan fingerprint density at radius 1 is 1.17 bits per heavy atom. The van der Waals surface area contributed by atoms with E-state index in [9.17, 15) is 10.1 Å². The molecule has 0 spiro atoms. The minimum Gasteiger partial charge on any atom is -0.457 e. The number of nitrogens with two attached hydrogens (primary N) is 1. The molecule has 0 unspecified atom stereocenters. The molecule has 2 aromatic carbocycles. The number of benzene rings is 2. The molecule has 210 valence electrons. The van der Waals surface area contributed by atoms with Gasteiger partial charge in [0.1, 0.15) is 23.1 Å². The minimum atomic E-state index is -0.431. The van der Waals surface area contributed by atoms with E-state index in [0.29, 0.717) is 24.7 Å². The van der Waals surface area contributed by atoms with E-state index >= 15 is 0 Å². The normalized spacial score (nSPS) is 16.1. The van der Waals surface area contributed by atoms with Gasteiger partial charge in [0.2, 0.25) is 0 Å². The van der Waals surface area contributed by atoms with Crippen LogP contribution in [0.25, 0.3) is 22.2 Å². The first-order valence-electron chi connectivity index (χ1n) is 13.7. The maximum atomic E-state index is 13.4. The number of likely N-dealkylation sites (N-methyl/N-ethyl adjacent to an activating group) is 1. The summed E-state index contributed by atoms with van der Waals surface area (Å²) in [4.78, 5) is 22.3. The Morgan fingerprint density at radius 2 is 1.88 bits per heavy atom. The lowest BCUT2D eigenvalue weighted by atomic mass is 9.92. The number of anilines is 1. The van der Waals surface area contributed by atoms with Crippen molar-refractivity contribution in [3.8, 4) is 28.8 Å². The molecule has 41 heavy (non-hydrogen) atoms. The summed E-state index contributed by atoms with van der Waals surface area (Å²) in [7, 11) is 3.86. The Labute approximate surface area is 240 Å². The average Bonchev–Trinajstić information content (AvgIpc) is 3.36. The Bertz CT molecular complexity index is 1620. The van der Waals surface area contributed by atoms with Gasteiger partial charge in [0, 0.05) is 35.8 Å². The van der Waals surface area contributed by atoms with Gasteiger partial charge < -0.3 is 20.3 Å². The number of para-hydroxylation sites is 1. The number of carbonyl (C=O) groups excluding carboxylic acids is 1. The number of ether oxygens (including phenoxy) is 1. The van der Waals surface area contributed by atoms with Gasteiger partial charge in [-0.05, 0) is 89.3 Å². The number of H-pyrrole nitrogens is 1. The van der Waals surface area contributed by atoms with Crippen LogP contribution in [0.4, 0.5) is 5.82 Å². The summed E-state index contributed by atoms with van der Waals surface area (Å²) in [6, 6.07) is 21.5. The second-order valence-electron chi connectivity index (χ2n) is 11.2. The maximum absolute atomic E-state index is 13.4. The van der Waals surface area contributed by atoms with Crippen LogP contribution in [0.1, 0.15) is 38.3 Å². The Balaban J connectivity index is 1.43. The predicted octanol–water partition coefficient (Wildman–Crippen LogP) is 5.50. The number of carbonyl (C=O) groups is 1. The Hall–Kier alpha value is -4.68. The third kappa shape index (κ3) is 5.93. The molecule has 1 saturated heterocycles. The molecule has 1 aliphatic heterocycles. The van der Waals surface area contributed by atoms with Crippen LogP contribution in [0.3, 0.4) is 0 Å². The molecule has 1 fully saturated rings. The van der Waals surface area contributed by atoms with Gasteiger partial charge in [0.05, 0.1) is 16.6 Å². The zero-order valence-corrected chi connectivity index (χ0v) is 23.9. The molecule has 3 heterocycles. The predicted molar refractivity (Wildman–Crippen MR) is 160 cm³/mol. The molecular weight excluding hydrogens is 514 g/mol. The van der Waals surface area contributed by atoms with Gasteiger partial charge in [0.15, 0.2) is 5.82 Å². The van der Waals surface area contributed by atoms with Crippen molar-refractivity contribution < 1.29 is 9.53 Å². The number of aromatic nitrogens is 3. The van der Waals surface area contributed by atoms with E-state index in [0.717, 1.165) is 46.4 Å². The van der Waals surface area contributed by atoms with Crippen molar-refractivity contribution in [1.82, 2.24) is 25.0 Å². The first kappa shape index (κ1) is 27.9. The summed E-state index contributed by atoms with van der Waals surface area (Å²) in [6.45, 7) is 5.04. The number of nitrogen functional groups attached to an aromatic ring is 1. The number of aromatic amines is 1. The van der Waals surface area contributed by atoms with Crippen LogP contribution in [-0.4, -0.2) is 63.6 Å². The fourth-order valence-corrected chi connectivity index (χ4v) is 5.01. The van der Waals surface area contributed by atoms with Crippen LogP contribution in [0.5, 0.6) is 11.5 Å². The molecule has 9 heteroatoms. The van der Waals surface area contributed by atoms with Gasteiger partial charge in [-0.3, -0.25) is 14.9 Å². The van der Waals surface area contributed by atoms with E-state index in [4.69, 9.17) is 15.5 Å². The fraction of sp³-hybridized carbons (Fsp3) is 0.312.